The molecule has 0 atom stereocenters. The van der Waals surface area contributed by atoms with Crippen LogP contribution in [0.15, 0.2) is 30.3 Å². The zero-order valence-corrected chi connectivity index (χ0v) is 12.9. The van der Waals surface area contributed by atoms with Crippen molar-refractivity contribution in [2.24, 2.45) is 0 Å². The first-order valence-electron chi connectivity index (χ1n) is 7.59. The quantitative estimate of drug-likeness (QED) is 0.704. The highest BCUT2D eigenvalue weighted by Gasteiger charge is 2.04. The van der Waals surface area contributed by atoms with Gasteiger partial charge in [-0.1, -0.05) is 44.2 Å². The second kappa shape index (κ2) is 8.49. The van der Waals surface area contributed by atoms with E-state index in [1.54, 1.807) is 4.80 Å². The van der Waals surface area contributed by atoms with Gasteiger partial charge in [-0.2, -0.15) is 4.80 Å². The molecule has 0 aliphatic heterocycles. The van der Waals surface area contributed by atoms with E-state index in [2.05, 4.69) is 39.5 Å². The van der Waals surface area contributed by atoms with Crippen LogP contribution < -0.4 is 5.32 Å². The van der Waals surface area contributed by atoms with E-state index < -0.39 is 0 Å². The molecule has 0 spiro atoms. The van der Waals surface area contributed by atoms with E-state index in [0.717, 1.165) is 44.8 Å². The fourth-order valence-electron chi connectivity index (χ4n) is 2.12. The molecule has 21 heavy (non-hydrogen) atoms. The molecule has 1 aromatic heterocycles. The van der Waals surface area contributed by atoms with Gasteiger partial charge in [-0.25, -0.2) is 0 Å². The molecule has 0 amide bonds. The number of rotatable bonds is 9. The van der Waals surface area contributed by atoms with E-state index in [1.807, 2.05) is 30.3 Å². The summed E-state index contributed by atoms with van der Waals surface area (Å²) >= 11 is 0. The smallest absolute Gasteiger partial charge is 0.204 e. The molecule has 0 saturated heterocycles. The average molecular weight is 288 g/mol. The number of benzene rings is 1. The summed E-state index contributed by atoms with van der Waals surface area (Å²) in [5, 5.41) is 16.0. The van der Waals surface area contributed by atoms with Crippen molar-refractivity contribution in [3.05, 3.63) is 30.3 Å². The molecule has 0 fully saturated rings. The Labute approximate surface area is 126 Å². The summed E-state index contributed by atoms with van der Waals surface area (Å²) in [6.45, 7) is 10.2. The Kier molecular flexibility index (Phi) is 6.30. The van der Waals surface area contributed by atoms with Crippen LogP contribution in [0.1, 0.15) is 13.8 Å². The predicted molar refractivity (Wildman–Crippen MR) is 83.9 cm³/mol. The summed E-state index contributed by atoms with van der Waals surface area (Å²) in [6.07, 6.45) is 0. The van der Waals surface area contributed by atoms with Gasteiger partial charge in [-0.05, 0) is 18.3 Å². The van der Waals surface area contributed by atoms with Gasteiger partial charge >= 0.3 is 0 Å². The normalized spacial score (nSPS) is 11.2. The van der Waals surface area contributed by atoms with Crippen molar-refractivity contribution in [3.63, 3.8) is 0 Å². The molecule has 2 rings (SSSR count). The average Bonchev–Trinajstić information content (AvgIpc) is 3.01. The predicted octanol–water partition coefficient (Wildman–Crippen LogP) is 1.27. The third kappa shape index (κ3) is 4.91. The monoisotopic (exact) mass is 288 g/mol. The summed E-state index contributed by atoms with van der Waals surface area (Å²) in [5.41, 5.74) is 0.998. The largest absolute Gasteiger partial charge is 0.314 e. The summed E-state index contributed by atoms with van der Waals surface area (Å²) < 4.78 is 0. The SMILES string of the molecule is CCN(CC)CCNCCn1nnc(-c2ccccc2)n1. The van der Waals surface area contributed by atoms with E-state index in [4.69, 9.17) is 0 Å². The minimum absolute atomic E-state index is 0.679. The maximum absolute atomic E-state index is 4.39. The van der Waals surface area contributed by atoms with Gasteiger partial charge in [-0.15, -0.1) is 10.2 Å². The number of tetrazole rings is 1. The van der Waals surface area contributed by atoms with Crippen LogP contribution in [0, 0.1) is 0 Å². The minimum atomic E-state index is 0.679. The molecule has 0 aliphatic carbocycles. The number of hydrogen-bond donors (Lipinski definition) is 1. The van der Waals surface area contributed by atoms with Crippen molar-refractivity contribution >= 4 is 0 Å². The molecular formula is C15H24N6. The van der Waals surface area contributed by atoms with Crippen LogP contribution in [0.3, 0.4) is 0 Å². The molecule has 114 valence electrons. The van der Waals surface area contributed by atoms with E-state index in [1.165, 1.54) is 0 Å². The first-order valence-corrected chi connectivity index (χ1v) is 7.59. The van der Waals surface area contributed by atoms with Crippen LogP contribution in [0.2, 0.25) is 0 Å². The number of aromatic nitrogens is 4. The first-order chi connectivity index (χ1) is 10.3. The molecule has 1 heterocycles. The fourth-order valence-corrected chi connectivity index (χ4v) is 2.12. The van der Waals surface area contributed by atoms with Crippen molar-refractivity contribution < 1.29 is 0 Å². The highest BCUT2D eigenvalue weighted by molar-refractivity contribution is 5.52. The molecule has 0 radical (unpaired) electrons. The molecule has 6 heteroatoms. The molecule has 0 unspecified atom stereocenters. The second-order valence-electron chi connectivity index (χ2n) is 4.85. The fraction of sp³-hybridized carbons (Fsp3) is 0.533. The van der Waals surface area contributed by atoms with Gasteiger partial charge in [0.25, 0.3) is 0 Å². The number of nitrogens with one attached hydrogen (secondary N) is 1. The van der Waals surface area contributed by atoms with Gasteiger partial charge in [0.05, 0.1) is 6.54 Å². The number of nitrogens with zero attached hydrogens (tertiary/aromatic N) is 5. The van der Waals surface area contributed by atoms with Gasteiger partial charge in [0.2, 0.25) is 5.82 Å². The van der Waals surface area contributed by atoms with Crippen molar-refractivity contribution in [1.82, 2.24) is 30.4 Å². The lowest BCUT2D eigenvalue weighted by atomic mass is 10.2. The van der Waals surface area contributed by atoms with Gasteiger partial charge in [0, 0.05) is 25.2 Å². The van der Waals surface area contributed by atoms with Crippen LogP contribution in [-0.4, -0.2) is 57.8 Å². The molecule has 0 saturated carbocycles. The van der Waals surface area contributed by atoms with E-state index in [0.29, 0.717) is 5.82 Å². The summed E-state index contributed by atoms with van der Waals surface area (Å²) in [7, 11) is 0. The highest BCUT2D eigenvalue weighted by atomic mass is 15.6. The molecule has 0 aliphatic rings. The van der Waals surface area contributed by atoms with E-state index in [-0.39, 0.29) is 0 Å². The standard InChI is InChI=1S/C15H24N6/c1-3-20(4-2)12-10-16-11-13-21-18-15(17-19-21)14-8-6-5-7-9-14/h5-9,16H,3-4,10-13H2,1-2H3. The third-order valence-corrected chi connectivity index (χ3v) is 3.47. The minimum Gasteiger partial charge on any atom is -0.314 e. The lowest BCUT2D eigenvalue weighted by Gasteiger charge is -2.17. The van der Waals surface area contributed by atoms with E-state index in [9.17, 15) is 0 Å². The zero-order chi connectivity index (χ0) is 14.9. The van der Waals surface area contributed by atoms with Gasteiger partial charge in [0.15, 0.2) is 0 Å². The Hall–Kier alpha value is -1.79. The Balaban J connectivity index is 1.71. The highest BCUT2D eigenvalue weighted by Crippen LogP contribution is 2.11. The third-order valence-electron chi connectivity index (χ3n) is 3.47. The van der Waals surface area contributed by atoms with Crippen LogP contribution in [0.4, 0.5) is 0 Å². The topological polar surface area (TPSA) is 58.9 Å². The zero-order valence-electron chi connectivity index (χ0n) is 12.9. The lowest BCUT2D eigenvalue weighted by molar-refractivity contribution is 0.301. The maximum Gasteiger partial charge on any atom is 0.204 e. The van der Waals surface area contributed by atoms with Crippen LogP contribution in [0.25, 0.3) is 11.4 Å². The summed E-state index contributed by atoms with van der Waals surface area (Å²) in [5.74, 6) is 0.679. The number of hydrogen-bond acceptors (Lipinski definition) is 5. The second-order valence-corrected chi connectivity index (χ2v) is 4.85. The van der Waals surface area contributed by atoms with Crippen molar-refractivity contribution in [1.29, 1.82) is 0 Å². The van der Waals surface area contributed by atoms with Crippen molar-refractivity contribution in [2.45, 2.75) is 20.4 Å². The Morgan fingerprint density at radius 3 is 2.57 bits per heavy atom. The Morgan fingerprint density at radius 1 is 1.10 bits per heavy atom. The molecular weight excluding hydrogens is 264 g/mol. The summed E-state index contributed by atoms with van der Waals surface area (Å²) in [4.78, 5) is 4.04. The van der Waals surface area contributed by atoms with Gasteiger partial charge in [0.1, 0.15) is 0 Å². The van der Waals surface area contributed by atoms with Crippen LogP contribution in [0.5, 0.6) is 0 Å². The molecule has 1 aromatic carbocycles. The van der Waals surface area contributed by atoms with Crippen LogP contribution >= 0.6 is 0 Å². The molecule has 0 bridgehead atoms. The number of likely N-dealkylation sites (N-methyl/N-ethyl adjacent to an activating group) is 1. The first kappa shape index (κ1) is 15.6. The van der Waals surface area contributed by atoms with E-state index >= 15 is 0 Å². The maximum atomic E-state index is 4.39. The Bertz CT molecular complexity index is 506. The molecule has 1 N–H and O–H groups in total. The Morgan fingerprint density at radius 2 is 1.86 bits per heavy atom. The summed E-state index contributed by atoms with van der Waals surface area (Å²) in [6, 6.07) is 9.91. The lowest BCUT2D eigenvalue weighted by Crippen LogP contribution is -2.33. The van der Waals surface area contributed by atoms with Crippen molar-refractivity contribution in [3.8, 4) is 11.4 Å². The van der Waals surface area contributed by atoms with Gasteiger partial charge in [-0.3, -0.25) is 0 Å². The van der Waals surface area contributed by atoms with Crippen molar-refractivity contribution in [2.75, 3.05) is 32.7 Å². The van der Waals surface area contributed by atoms with Gasteiger partial charge < -0.3 is 10.2 Å². The molecule has 2 aromatic rings. The molecule has 6 nitrogen and oxygen atoms in total. The van der Waals surface area contributed by atoms with Crippen LogP contribution in [-0.2, 0) is 6.54 Å².